The summed E-state index contributed by atoms with van der Waals surface area (Å²) >= 11 is 6.02. The van der Waals surface area contributed by atoms with Gasteiger partial charge in [0.05, 0.1) is 37.2 Å². The third-order valence-corrected chi connectivity index (χ3v) is 7.45. The Kier molecular flexibility index (Phi) is 6.01. The summed E-state index contributed by atoms with van der Waals surface area (Å²) in [4.78, 5) is 20.1. The molecule has 2 aliphatic heterocycles. The second-order valence-corrected chi connectivity index (χ2v) is 10.3. The number of aromatic nitrogens is 4. The summed E-state index contributed by atoms with van der Waals surface area (Å²) in [7, 11) is 0. The van der Waals surface area contributed by atoms with E-state index < -0.39 is 5.82 Å². The summed E-state index contributed by atoms with van der Waals surface area (Å²) in [6, 6.07) is 6.69. The Balaban J connectivity index is 1.45. The van der Waals surface area contributed by atoms with Gasteiger partial charge in [-0.25, -0.2) is 9.37 Å². The van der Waals surface area contributed by atoms with E-state index in [1.807, 2.05) is 30.1 Å². The molecule has 10 heteroatoms. The summed E-state index contributed by atoms with van der Waals surface area (Å²) in [5.74, 6) is -0.473. The Morgan fingerprint density at radius 3 is 2.65 bits per heavy atom. The summed E-state index contributed by atoms with van der Waals surface area (Å²) in [6.45, 7) is 8.06. The molecule has 192 valence electrons. The summed E-state index contributed by atoms with van der Waals surface area (Å²) in [5.41, 5.74) is 4.02. The zero-order valence-corrected chi connectivity index (χ0v) is 21.6. The largest absolute Gasteiger partial charge is 0.377 e. The van der Waals surface area contributed by atoms with Crippen LogP contribution in [0.3, 0.4) is 0 Å². The van der Waals surface area contributed by atoms with Gasteiger partial charge < -0.3 is 14.4 Å². The number of anilines is 1. The lowest BCUT2D eigenvalue weighted by atomic mass is 10.0. The van der Waals surface area contributed by atoms with Gasteiger partial charge in [0.25, 0.3) is 5.56 Å². The molecule has 5 heterocycles. The minimum Gasteiger partial charge on any atom is -0.377 e. The maximum atomic E-state index is 15.1. The fourth-order valence-electron chi connectivity index (χ4n) is 4.94. The number of benzene rings is 1. The van der Waals surface area contributed by atoms with E-state index in [2.05, 4.69) is 15.0 Å². The number of rotatable bonds is 4. The van der Waals surface area contributed by atoms with Gasteiger partial charge in [-0.2, -0.15) is 5.10 Å². The summed E-state index contributed by atoms with van der Waals surface area (Å²) < 4.78 is 30.1. The third-order valence-electron chi connectivity index (χ3n) is 7.21. The lowest BCUT2D eigenvalue weighted by molar-refractivity contribution is -0.0296. The van der Waals surface area contributed by atoms with Gasteiger partial charge in [0.15, 0.2) is 0 Å². The van der Waals surface area contributed by atoms with Gasteiger partial charge in [-0.15, -0.1) is 0 Å². The zero-order valence-electron chi connectivity index (χ0n) is 20.8. The van der Waals surface area contributed by atoms with Crippen molar-refractivity contribution in [3.05, 3.63) is 80.9 Å². The van der Waals surface area contributed by atoms with Crippen LogP contribution < -0.4 is 10.5 Å². The van der Waals surface area contributed by atoms with E-state index in [9.17, 15) is 4.79 Å². The average Bonchev–Trinajstić information content (AvgIpc) is 3.30. The maximum absolute atomic E-state index is 15.1. The van der Waals surface area contributed by atoms with Crippen LogP contribution in [-0.4, -0.2) is 51.6 Å². The van der Waals surface area contributed by atoms with Crippen LogP contribution in [0.5, 0.6) is 0 Å². The SMILES string of the molecule is Cc1nc2c(-c3ccc(Cl)cc3F)cc(N3C[C@H](C)O[C@@H](c4cnn(C5COC5)c4)C3)cn2c(=O)c1C. The molecule has 2 aliphatic rings. The van der Waals surface area contributed by atoms with Crippen molar-refractivity contribution in [2.75, 3.05) is 31.2 Å². The fourth-order valence-corrected chi connectivity index (χ4v) is 5.10. The predicted molar refractivity (Wildman–Crippen MR) is 139 cm³/mol. The standard InChI is InChI=1S/C27H27ClFN5O3/c1-15-9-32(12-25(37-15)18-8-30-34(10-18)21-13-36-14-21)20-7-23(22-5-4-19(28)6-24(22)29)26-31-17(3)16(2)27(35)33(26)11-20/h4-8,10-11,15,21,25H,9,12-14H2,1-3H3/t15-,25+/m0/s1. The van der Waals surface area contributed by atoms with Crippen molar-refractivity contribution in [3.8, 4) is 11.1 Å². The first kappa shape index (κ1) is 24.1. The molecule has 2 fully saturated rings. The van der Waals surface area contributed by atoms with Crippen molar-refractivity contribution < 1.29 is 13.9 Å². The minimum atomic E-state index is -0.473. The van der Waals surface area contributed by atoms with E-state index in [1.54, 1.807) is 32.2 Å². The molecule has 0 amide bonds. The number of nitrogens with zero attached hydrogens (tertiary/aromatic N) is 5. The van der Waals surface area contributed by atoms with Crippen molar-refractivity contribution in [1.82, 2.24) is 19.2 Å². The topological polar surface area (TPSA) is 73.9 Å². The van der Waals surface area contributed by atoms with Crippen molar-refractivity contribution in [1.29, 1.82) is 0 Å². The Morgan fingerprint density at radius 2 is 1.92 bits per heavy atom. The third kappa shape index (κ3) is 4.31. The molecule has 1 aromatic carbocycles. The minimum absolute atomic E-state index is 0.0739. The van der Waals surface area contributed by atoms with Gasteiger partial charge in [0.1, 0.15) is 17.6 Å². The smallest absolute Gasteiger partial charge is 0.261 e. The van der Waals surface area contributed by atoms with Crippen LogP contribution in [0.1, 0.15) is 35.9 Å². The molecular formula is C27H27ClFN5O3. The van der Waals surface area contributed by atoms with Crippen LogP contribution in [0.2, 0.25) is 5.02 Å². The van der Waals surface area contributed by atoms with Crippen molar-refractivity contribution >= 4 is 22.9 Å². The van der Waals surface area contributed by atoms with Crippen molar-refractivity contribution in [3.63, 3.8) is 0 Å². The van der Waals surface area contributed by atoms with Crippen molar-refractivity contribution in [2.45, 2.75) is 39.0 Å². The number of hydrogen-bond donors (Lipinski definition) is 0. The van der Waals surface area contributed by atoms with Crippen LogP contribution in [0.4, 0.5) is 10.1 Å². The monoisotopic (exact) mass is 523 g/mol. The first-order valence-corrected chi connectivity index (χ1v) is 12.7. The molecule has 0 saturated carbocycles. The fraction of sp³-hybridized carbons (Fsp3) is 0.370. The van der Waals surface area contributed by atoms with E-state index in [0.717, 1.165) is 11.3 Å². The van der Waals surface area contributed by atoms with Crippen LogP contribution in [-0.2, 0) is 9.47 Å². The molecule has 0 unspecified atom stereocenters. The molecule has 37 heavy (non-hydrogen) atoms. The predicted octanol–water partition coefficient (Wildman–Crippen LogP) is 4.51. The van der Waals surface area contributed by atoms with Gasteiger partial charge in [-0.1, -0.05) is 11.6 Å². The molecule has 0 N–H and O–H groups in total. The molecule has 8 nitrogen and oxygen atoms in total. The summed E-state index contributed by atoms with van der Waals surface area (Å²) in [5, 5.41) is 4.81. The van der Waals surface area contributed by atoms with E-state index >= 15 is 4.39 Å². The number of aryl methyl sites for hydroxylation is 1. The molecule has 0 spiro atoms. The zero-order chi connectivity index (χ0) is 25.8. The number of hydrogen-bond acceptors (Lipinski definition) is 6. The second-order valence-electron chi connectivity index (χ2n) is 9.84. The quantitative estimate of drug-likeness (QED) is 0.392. The van der Waals surface area contributed by atoms with Gasteiger partial charge in [-0.3, -0.25) is 13.9 Å². The average molecular weight is 524 g/mol. The van der Waals surface area contributed by atoms with E-state index in [4.69, 9.17) is 21.1 Å². The number of pyridine rings is 1. The van der Waals surface area contributed by atoms with Gasteiger partial charge in [0, 0.05) is 58.5 Å². The number of fused-ring (bicyclic) bond motifs is 1. The Labute approximate surface area is 218 Å². The van der Waals surface area contributed by atoms with Gasteiger partial charge in [0.2, 0.25) is 0 Å². The van der Waals surface area contributed by atoms with Crippen LogP contribution >= 0.6 is 11.6 Å². The second kappa shape index (κ2) is 9.24. The molecule has 6 rings (SSSR count). The summed E-state index contributed by atoms with van der Waals surface area (Å²) in [6.07, 6.45) is 5.37. The van der Waals surface area contributed by atoms with Crippen LogP contribution in [0, 0.1) is 19.7 Å². The lowest BCUT2D eigenvalue weighted by Crippen LogP contribution is -2.43. The molecule has 3 aromatic heterocycles. The van der Waals surface area contributed by atoms with E-state index in [-0.39, 0.29) is 23.8 Å². The Morgan fingerprint density at radius 1 is 1.11 bits per heavy atom. The normalized spacial score (nSPS) is 20.4. The molecule has 0 bridgehead atoms. The van der Waals surface area contributed by atoms with Gasteiger partial charge >= 0.3 is 0 Å². The maximum Gasteiger partial charge on any atom is 0.261 e. The highest BCUT2D eigenvalue weighted by molar-refractivity contribution is 6.30. The Hall–Kier alpha value is -3.27. The Bertz CT molecular complexity index is 1560. The number of ether oxygens (including phenoxy) is 2. The lowest BCUT2D eigenvalue weighted by Gasteiger charge is -2.38. The van der Waals surface area contributed by atoms with E-state index in [0.29, 0.717) is 59.4 Å². The first-order chi connectivity index (χ1) is 17.8. The molecule has 2 saturated heterocycles. The van der Waals surface area contributed by atoms with Crippen LogP contribution in [0.15, 0.2) is 47.7 Å². The van der Waals surface area contributed by atoms with Gasteiger partial charge in [-0.05, 0) is 45.0 Å². The molecule has 0 radical (unpaired) electrons. The number of morpholine rings is 1. The molecule has 0 aliphatic carbocycles. The van der Waals surface area contributed by atoms with Crippen molar-refractivity contribution in [2.24, 2.45) is 0 Å². The molecule has 4 aromatic rings. The van der Waals surface area contributed by atoms with E-state index in [1.165, 1.54) is 10.5 Å². The first-order valence-electron chi connectivity index (χ1n) is 12.3. The molecular weight excluding hydrogens is 497 g/mol. The number of halogens is 2. The highest BCUT2D eigenvalue weighted by Crippen LogP contribution is 2.34. The van der Waals surface area contributed by atoms with Crippen LogP contribution in [0.25, 0.3) is 16.8 Å². The highest BCUT2D eigenvalue weighted by atomic mass is 35.5. The highest BCUT2D eigenvalue weighted by Gasteiger charge is 2.30. The molecule has 2 atom stereocenters.